The maximum Gasteiger partial charge on any atom is 0.0583 e. The van der Waals surface area contributed by atoms with E-state index >= 15 is 0 Å². The second-order valence-corrected chi connectivity index (χ2v) is 8.42. The fourth-order valence-corrected chi connectivity index (χ4v) is 4.89. The second kappa shape index (κ2) is 7.36. The summed E-state index contributed by atoms with van der Waals surface area (Å²) in [7, 11) is -0.852. The van der Waals surface area contributed by atoms with Crippen LogP contribution in [0.25, 0.3) is 11.1 Å². The lowest BCUT2D eigenvalue weighted by Crippen LogP contribution is -1.98. The van der Waals surface area contributed by atoms with Gasteiger partial charge in [-0.15, -0.1) is 11.3 Å². The highest BCUT2D eigenvalue weighted by Gasteiger charge is 2.05. The van der Waals surface area contributed by atoms with Gasteiger partial charge in [-0.05, 0) is 40.3 Å². The number of thiophene rings is 1. The van der Waals surface area contributed by atoms with Gasteiger partial charge in [-0.3, -0.25) is 4.21 Å². The molecule has 0 radical (unpaired) electrons. The molecule has 0 N–H and O–H groups in total. The van der Waals surface area contributed by atoms with Crippen molar-refractivity contribution in [3.63, 3.8) is 0 Å². The topological polar surface area (TPSA) is 17.1 Å². The Morgan fingerprint density at radius 3 is 2.41 bits per heavy atom. The van der Waals surface area contributed by atoms with Crippen molar-refractivity contribution in [2.24, 2.45) is 0 Å². The smallest absolute Gasteiger partial charge is 0.0583 e. The minimum absolute atomic E-state index is 0.608. The van der Waals surface area contributed by atoms with Crippen molar-refractivity contribution in [3.05, 3.63) is 81.0 Å². The molecule has 22 heavy (non-hydrogen) atoms. The highest BCUT2D eigenvalue weighted by atomic mass is 79.9. The molecule has 0 saturated carbocycles. The van der Waals surface area contributed by atoms with Crippen LogP contribution in [0.1, 0.15) is 10.4 Å². The van der Waals surface area contributed by atoms with E-state index in [-0.39, 0.29) is 0 Å². The van der Waals surface area contributed by atoms with E-state index in [1.807, 2.05) is 29.6 Å². The van der Waals surface area contributed by atoms with Crippen LogP contribution in [0.5, 0.6) is 0 Å². The molecular weight excluding hydrogens is 376 g/mol. The zero-order valence-corrected chi connectivity index (χ0v) is 15.1. The molecule has 3 rings (SSSR count). The van der Waals surface area contributed by atoms with E-state index in [9.17, 15) is 4.21 Å². The molecule has 1 aromatic heterocycles. The third kappa shape index (κ3) is 4.15. The van der Waals surface area contributed by atoms with Crippen LogP contribution < -0.4 is 0 Å². The number of rotatable bonds is 5. The first-order chi connectivity index (χ1) is 10.7. The summed E-state index contributed by atoms with van der Waals surface area (Å²) in [5.74, 6) is 1.25. The van der Waals surface area contributed by atoms with Crippen LogP contribution in [-0.2, 0) is 22.3 Å². The van der Waals surface area contributed by atoms with Crippen molar-refractivity contribution >= 4 is 38.1 Å². The van der Waals surface area contributed by atoms with E-state index < -0.39 is 10.8 Å². The molecule has 112 valence electrons. The van der Waals surface area contributed by atoms with Crippen LogP contribution in [0.3, 0.4) is 0 Å². The molecule has 0 aliphatic carbocycles. The van der Waals surface area contributed by atoms with Crippen molar-refractivity contribution in [1.29, 1.82) is 0 Å². The lowest BCUT2D eigenvalue weighted by atomic mass is 10.0. The highest BCUT2D eigenvalue weighted by molar-refractivity contribution is 9.10. The Bertz CT molecular complexity index is 764. The molecule has 0 aliphatic rings. The summed E-state index contributed by atoms with van der Waals surface area (Å²) < 4.78 is 13.3. The molecule has 0 bridgehead atoms. The highest BCUT2D eigenvalue weighted by Crippen LogP contribution is 2.23. The summed E-state index contributed by atoms with van der Waals surface area (Å²) in [6.45, 7) is 0. The Labute approximate surface area is 145 Å². The molecule has 1 atom stereocenters. The predicted molar refractivity (Wildman–Crippen MR) is 99.4 cm³/mol. The molecule has 3 aromatic rings. The van der Waals surface area contributed by atoms with Gasteiger partial charge in [0, 0.05) is 25.9 Å². The standard InChI is InChI=1S/C18H15BrOS2/c19-17-4-1-3-16(11-17)15-8-6-14(7-9-15)12-22(20)13-18-5-2-10-21-18/h1-11H,12-13H2. The molecule has 2 aromatic carbocycles. The Morgan fingerprint density at radius 2 is 1.73 bits per heavy atom. The molecule has 1 unspecified atom stereocenters. The van der Waals surface area contributed by atoms with Gasteiger partial charge in [-0.1, -0.05) is 58.4 Å². The quantitative estimate of drug-likeness (QED) is 0.551. The maximum atomic E-state index is 12.2. The third-order valence-electron chi connectivity index (χ3n) is 3.32. The zero-order valence-electron chi connectivity index (χ0n) is 11.9. The van der Waals surface area contributed by atoms with E-state index in [1.165, 1.54) is 16.0 Å². The van der Waals surface area contributed by atoms with Crippen LogP contribution >= 0.6 is 27.3 Å². The van der Waals surface area contributed by atoms with Gasteiger partial charge in [0.15, 0.2) is 0 Å². The summed E-state index contributed by atoms with van der Waals surface area (Å²) >= 11 is 5.16. The SMILES string of the molecule is O=S(Cc1ccc(-c2cccc(Br)c2)cc1)Cc1cccs1. The Morgan fingerprint density at radius 1 is 0.909 bits per heavy atom. The average Bonchev–Trinajstić information content (AvgIpc) is 3.01. The average molecular weight is 391 g/mol. The van der Waals surface area contributed by atoms with Gasteiger partial charge in [-0.25, -0.2) is 0 Å². The summed E-state index contributed by atoms with van der Waals surface area (Å²) in [6.07, 6.45) is 0. The molecule has 1 heterocycles. The van der Waals surface area contributed by atoms with E-state index in [0.29, 0.717) is 11.5 Å². The molecule has 4 heteroatoms. The Balaban J connectivity index is 1.68. The number of hydrogen-bond donors (Lipinski definition) is 0. The van der Waals surface area contributed by atoms with Gasteiger partial charge < -0.3 is 0 Å². The molecule has 0 fully saturated rings. The lowest BCUT2D eigenvalue weighted by molar-refractivity contribution is 0.682. The van der Waals surface area contributed by atoms with E-state index in [1.54, 1.807) is 11.3 Å². The first kappa shape index (κ1) is 15.7. The first-order valence-electron chi connectivity index (χ1n) is 6.93. The first-order valence-corrected chi connectivity index (χ1v) is 10.1. The minimum atomic E-state index is -0.852. The van der Waals surface area contributed by atoms with Gasteiger partial charge in [-0.2, -0.15) is 0 Å². The van der Waals surface area contributed by atoms with Gasteiger partial charge >= 0.3 is 0 Å². The van der Waals surface area contributed by atoms with Gasteiger partial charge in [0.25, 0.3) is 0 Å². The third-order valence-corrected chi connectivity index (χ3v) is 6.16. The summed E-state index contributed by atoms with van der Waals surface area (Å²) in [5.41, 5.74) is 3.48. The summed E-state index contributed by atoms with van der Waals surface area (Å²) in [6, 6.07) is 20.6. The van der Waals surface area contributed by atoms with Crippen molar-refractivity contribution in [1.82, 2.24) is 0 Å². The van der Waals surface area contributed by atoms with Crippen molar-refractivity contribution in [3.8, 4) is 11.1 Å². The normalized spacial score (nSPS) is 12.2. The number of hydrogen-bond acceptors (Lipinski definition) is 2. The van der Waals surface area contributed by atoms with Crippen LogP contribution in [0, 0.1) is 0 Å². The molecule has 1 nitrogen and oxygen atoms in total. The second-order valence-electron chi connectivity index (χ2n) is 5.02. The number of halogens is 1. The largest absolute Gasteiger partial charge is 0.259 e. The lowest BCUT2D eigenvalue weighted by Gasteiger charge is -2.05. The van der Waals surface area contributed by atoms with Crippen LogP contribution in [0.15, 0.2) is 70.5 Å². The molecule has 0 spiro atoms. The van der Waals surface area contributed by atoms with Gasteiger partial charge in [0.1, 0.15) is 0 Å². The van der Waals surface area contributed by atoms with E-state index in [2.05, 4.69) is 52.3 Å². The fraction of sp³-hybridized carbons (Fsp3) is 0.111. The Hall–Kier alpha value is -1.23. The molecule has 0 saturated heterocycles. The van der Waals surface area contributed by atoms with E-state index in [0.717, 1.165) is 10.0 Å². The number of benzene rings is 2. The van der Waals surface area contributed by atoms with Crippen LogP contribution in [-0.4, -0.2) is 4.21 Å². The van der Waals surface area contributed by atoms with Crippen molar-refractivity contribution < 1.29 is 4.21 Å². The summed E-state index contributed by atoms with van der Waals surface area (Å²) in [5, 5.41) is 2.03. The van der Waals surface area contributed by atoms with Crippen molar-refractivity contribution in [2.75, 3.05) is 0 Å². The van der Waals surface area contributed by atoms with Gasteiger partial charge in [0.05, 0.1) is 5.75 Å². The minimum Gasteiger partial charge on any atom is -0.259 e. The monoisotopic (exact) mass is 390 g/mol. The van der Waals surface area contributed by atoms with Gasteiger partial charge in [0.2, 0.25) is 0 Å². The van der Waals surface area contributed by atoms with E-state index in [4.69, 9.17) is 0 Å². The fourth-order valence-electron chi connectivity index (χ4n) is 2.25. The molecular formula is C18H15BrOS2. The Kier molecular flexibility index (Phi) is 5.24. The van der Waals surface area contributed by atoms with Crippen molar-refractivity contribution in [2.45, 2.75) is 11.5 Å². The predicted octanol–water partition coefficient (Wildman–Crippen LogP) is 5.63. The maximum absolute atomic E-state index is 12.2. The molecule has 0 amide bonds. The molecule has 0 aliphatic heterocycles. The van der Waals surface area contributed by atoms with Crippen LogP contribution in [0.4, 0.5) is 0 Å². The zero-order chi connectivity index (χ0) is 15.4. The summed E-state index contributed by atoms with van der Waals surface area (Å²) in [4.78, 5) is 1.18. The van der Waals surface area contributed by atoms with Crippen LogP contribution in [0.2, 0.25) is 0 Å².